The van der Waals surface area contributed by atoms with Crippen LogP contribution in [0.15, 0.2) is 36.4 Å². The fourth-order valence-electron chi connectivity index (χ4n) is 3.70. The Morgan fingerprint density at radius 2 is 1.85 bits per heavy atom. The smallest absolute Gasteiger partial charge is 0.264 e. The van der Waals surface area contributed by atoms with Crippen LogP contribution in [0.3, 0.4) is 0 Å². The summed E-state index contributed by atoms with van der Waals surface area (Å²) in [6.45, 7) is 11.1. The van der Waals surface area contributed by atoms with E-state index in [1.807, 2.05) is 52.9 Å². The van der Waals surface area contributed by atoms with E-state index in [-0.39, 0.29) is 5.91 Å². The minimum absolute atomic E-state index is 0.152. The van der Waals surface area contributed by atoms with E-state index in [1.54, 1.807) is 11.3 Å². The number of hydrogen-bond donors (Lipinski definition) is 0. The fourth-order valence-corrected chi connectivity index (χ4v) is 4.85. The van der Waals surface area contributed by atoms with Crippen molar-refractivity contribution in [3.63, 3.8) is 0 Å². The molecule has 0 unspecified atom stereocenters. The van der Waals surface area contributed by atoms with E-state index in [0.29, 0.717) is 5.92 Å². The first-order valence-corrected chi connectivity index (χ1v) is 10.4. The summed E-state index contributed by atoms with van der Waals surface area (Å²) in [5.74, 6) is 0.818. The van der Waals surface area contributed by atoms with Crippen molar-refractivity contribution in [3.05, 3.63) is 47.0 Å². The number of benzene rings is 1. The van der Waals surface area contributed by atoms with Crippen molar-refractivity contribution in [2.45, 2.75) is 20.8 Å². The fraction of sp³-hybridized carbons (Fsp3) is 0.429. The van der Waals surface area contributed by atoms with Crippen LogP contribution in [-0.2, 0) is 0 Å². The number of nitrogens with zero attached hydrogens (tertiary/aromatic N) is 4. The van der Waals surface area contributed by atoms with Crippen LogP contribution in [0.2, 0.25) is 0 Å². The van der Waals surface area contributed by atoms with Gasteiger partial charge in [0, 0.05) is 38.1 Å². The number of thiophene rings is 1. The number of hydrogen-bond acceptors (Lipinski definition) is 4. The maximum Gasteiger partial charge on any atom is 0.264 e. The van der Waals surface area contributed by atoms with Crippen LogP contribution in [0.25, 0.3) is 15.9 Å². The molecule has 0 saturated carbocycles. The second-order valence-corrected chi connectivity index (χ2v) is 8.68. The van der Waals surface area contributed by atoms with E-state index in [2.05, 4.69) is 23.8 Å². The number of carbonyl (C=O) groups excluding carboxylic acids is 1. The molecule has 5 nitrogen and oxygen atoms in total. The summed E-state index contributed by atoms with van der Waals surface area (Å²) in [7, 11) is 0. The van der Waals surface area contributed by atoms with Gasteiger partial charge in [-0.25, -0.2) is 4.68 Å². The Morgan fingerprint density at radius 1 is 1.15 bits per heavy atom. The Hall–Kier alpha value is -2.18. The summed E-state index contributed by atoms with van der Waals surface area (Å²) in [6.07, 6.45) is 0. The molecule has 1 aliphatic rings. The minimum atomic E-state index is 0.152. The van der Waals surface area contributed by atoms with Crippen molar-refractivity contribution < 1.29 is 4.79 Å². The highest BCUT2D eigenvalue weighted by Crippen LogP contribution is 2.31. The minimum Gasteiger partial charge on any atom is -0.335 e. The number of piperazine rings is 1. The van der Waals surface area contributed by atoms with Crippen molar-refractivity contribution in [2.24, 2.45) is 5.92 Å². The lowest BCUT2D eigenvalue weighted by Crippen LogP contribution is -2.49. The zero-order valence-electron chi connectivity index (χ0n) is 16.2. The van der Waals surface area contributed by atoms with E-state index < -0.39 is 0 Å². The third-order valence-corrected chi connectivity index (χ3v) is 6.14. The highest BCUT2D eigenvalue weighted by molar-refractivity contribution is 7.20. The zero-order valence-corrected chi connectivity index (χ0v) is 17.0. The van der Waals surface area contributed by atoms with Crippen molar-refractivity contribution >= 4 is 27.5 Å². The van der Waals surface area contributed by atoms with Crippen molar-refractivity contribution in [3.8, 4) is 5.69 Å². The molecule has 1 aromatic carbocycles. The first kappa shape index (κ1) is 18.2. The molecule has 0 N–H and O–H groups in total. The summed E-state index contributed by atoms with van der Waals surface area (Å²) in [6, 6.07) is 12.1. The van der Waals surface area contributed by atoms with E-state index in [9.17, 15) is 4.79 Å². The molecule has 3 heterocycles. The molecule has 2 aromatic heterocycles. The van der Waals surface area contributed by atoms with Crippen LogP contribution in [0.4, 0.5) is 0 Å². The Morgan fingerprint density at radius 3 is 2.52 bits per heavy atom. The average Bonchev–Trinajstić information content (AvgIpc) is 3.23. The Kier molecular flexibility index (Phi) is 5.02. The topological polar surface area (TPSA) is 41.4 Å². The predicted molar refractivity (Wildman–Crippen MR) is 111 cm³/mol. The van der Waals surface area contributed by atoms with Gasteiger partial charge in [-0.15, -0.1) is 11.3 Å². The van der Waals surface area contributed by atoms with Gasteiger partial charge in [0.2, 0.25) is 0 Å². The molecule has 1 aliphatic heterocycles. The second-order valence-electron chi connectivity index (χ2n) is 7.65. The maximum atomic E-state index is 13.0. The molecule has 1 fully saturated rings. The van der Waals surface area contributed by atoms with Crippen LogP contribution in [0.1, 0.15) is 29.2 Å². The monoisotopic (exact) mass is 382 g/mol. The van der Waals surface area contributed by atoms with Gasteiger partial charge in [-0.3, -0.25) is 9.69 Å². The number of aromatic nitrogens is 2. The lowest BCUT2D eigenvalue weighted by Gasteiger charge is -2.35. The van der Waals surface area contributed by atoms with Gasteiger partial charge in [-0.05, 0) is 31.0 Å². The van der Waals surface area contributed by atoms with E-state index in [0.717, 1.165) is 59.2 Å². The number of fused-ring (bicyclic) bond motifs is 1. The van der Waals surface area contributed by atoms with Gasteiger partial charge >= 0.3 is 0 Å². The summed E-state index contributed by atoms with van der Waals surface area (Å²) in [5, 5.41) is 5.74. The molecule has 1 saturated heterocycles. The second kappa shape index (κ2) is 7.44. The number of rotatable bonds is 4. The first-order valence-electron chi connectivity index (χ1n) is 9.59. The number of carbonyl (C=O) groups is 1. The molecule has 0 atom stereocenters. The van der Waals surface area contributed by atoms with Crippen LogP contribution in [-0.4, -0.2) is 58.2 Å². The highest BCUT2D eigenvalue weighted by Gasteiger charge is 2.25. The van der Waals surface area contributed by atoms with Crippen LogP contribution in [0.5, 0.6) is 0 Å². The molecule has 0 bridgehead atoms. The normalized spacial score (nSPS) is 15.8. The SMILES string of the molecule is Cc1nn(-c2ccccc2)c2sc(C(=O)N3CCN(CC(C)C)CC3)cc12. The molecule has 0 spiro atoms. The molecule has 3 aromatic rings. The molecule has 1 amide bonds. The van der Waals surface area contributed by atoms with E-state index >= 15 is 0 Å². The Balaban J connectivity index is 1.55. The molecule has 27 heavy (non-hydrogen) atoms. The summed E-state index contributed by atoms with van der Waals surface area (Å²) < 4.78 is 1.95. The molecule has 4 rings (SSSR count). The third-order valence-electron chi connectivity index (χ3n) is 5.04. The first-order chi connectivity index (χ1) is 13.0. The van der Waals surface area contributed by atoms with Gasteiger partial charge in [0.25, 0.3) is 5.91 Å². The standard InChI is InChI=1S/C21H26N4OS/c1-15(2)14-23-9-11-24(12-10-23)20(26)19-13-18-16(3)22-25(21(18)27-19)17-7-5-4-6-8-17/h4-8,13,15H,9-12,14H2,1-3H3. The third kappa shape index (κ3) is 3.64. The summed E-state index contributed by atoms with van der Waals surface area (Å²) >= 11 is 1.55. The number of amides is 1. The number of aryl methyl sites for hydroxylation is 1. The van der Waals surface area contributed by atoms with Crippen LogP contribution >= 0.6 is 11.3 Å². The highest BCUT2D eigenvalue weighted by atomic mass is 32.1. The molecule has 6 heteroatoms. The molecular formula is C21H26N4OS. The average molecular weight is 383 g/mol. The Labute approximate surface area is 164 Å². The van der Waals surface area contributed by atoms with Gasteiger partial charge in [0.1, 0.15) is 4.83 Å². The number of para-hydroxylation sites is 1. The molecular weight excluding hydrogens is 356 g/mol. The van der Waals surface area contributed by atoms with Crippen molar-refractivity contribution in [2.75, 3.05) is 32.7 Å². The zero-order chi connectivity index (χ0) is 19.0. The van der Waals surface area contributed by atoms with Crippen molar-refractivity contribution in [1.82, 2.24) is 19.6 Å². The predicted octanol–water partition coefficient (Wildman–Crippen LogP) is 3.81. The largest absolute Gasteiger partial charge is 0.335 e. The Bertz CT molecular complexity index is 936. The maximum absolute atomic E-state index is 13.0. The lowest BCUT2D eigenvalue weighted by molar-refractivity contribution is 0.0628. The summed E-state index contributed by atoms with van der Waals surface area (Å²) in [5.41, 5.74) is 1.99. The van der Waals surface area contributed by atoms with Gasteiger partial charge in [0.05, 0.1) is 16.3 Å². The van der Waals surface area contributed by atoms with E-state index in [4.69, 9.17) is 0 Å². The van der Waals surface area contributed by atoms with Crippen molar-refractivity contribution in [1.29, 1.82) is 0 Å². The summed E-state index contributed by atoms with van der Waals surface area (Å²) in [4.78, 5) is 19.4. The van der Waals surface area contributed by atoms with Gasteiger partial charge in [-0.1, -0.05) is 32.0 Å². The molecule has 142 valence electrons. The lowest BCUT2D eigenvalue weighted by atomic mass is 10.2. The molecule has 0 aliphatic carbocycles. The van der Waals surface area contributed by atoms with E-state index in [1.165, 1.54) is 0 Å². The molecule has 0 radical (unpaired) electrons. The van der Waals surface area contributed by atoms with Gasteiger partial charge < -0.3 is 4.90 Å². The van der Waals surface area contributed by atoms with Gasteiger partial charge in [-0.2, -0.15) is 5.10 Å². The van der Waals surface area contributed by atoms with Crippen LogP contribution < -0.4 is 0 Å². The quantitative estimate of drug-likeness (QED) is 0.689. The van der Waals surface area contributed by atoms with Gasteiger partial charge in [0.15, 0.2) is 0 Å². The van der Waals surface area contributed by atoms with Crippen LogP contribution in [0, 0.1) is 12.8 Å².